The maximum absolute atomic E-state index is 4.43. The zero-order valence-corrected chi connectivity index (χ0v) is 17.5. The molecule has 0 bridgehead atoms. The number of halogens is 2. The summed E-state index contributed by atoms with van der Waals surface area (Å²) < 4.78 is 0. The van der Waals surface area contributed by atoms with E-state index in [0.29, 0.717) is 0 Å². The summed E-state index contributed by atoms with van der Waals surface area (Å²) in [6.45, 7) is 6.07. The smallest absolute Gasteiger partial charge is 0.0701 e. The van der Waals surface area contributed by atoms with Gasteiger partial charge in [-0.05, 0) is 81.4 Å². The van der Waals surface area contributed by atoms with Crippen molar-refractivity contribution in [2.24, 2.45) is 11.8 Å². The minimum Gasteiger partial charge on any atom is -0.317 e. The number of nitrogens with one attached hydrogen (secondary N) is 1. The first-order chi connectivity index (χ1) is 12.4. The second kappa shape index (κ2) is 11.0. The lowest BCUT2D eigenvalue weighted by Gasteiger charge is -2.37. The molecule has 1 aromatic heterocycles. The van der Waals surface area contributed by atoms with E-state index in [1.54, 1.807) is 0 Å². The van der Waals surface area contributed by atoms with Crippen molar-refractivity contribution < 1.29 is 0 Å². The molecule has 0 atom stereocenters. The molecule has 2 aliphatic heterocycles. The van der Waals surface area contributed by atoms with Crippen LogP contribution in [0.1, 0.15) is 31.2 Å². The zero-order valence-electron chi connectivity index (χ0n) is 15.8. The number of aromatic nitrogens is 1. The maximum Gasteiger partial charge on any atom is 0.0701 e. The first-order valence-electron chi connectivity index (χ1n) is 9.82. The van der Waals surface area contributed by atoms with Gasteiger partial charge in [0, 0.05) is 18.3 Å². The van der Waals surface area contributed by atoms with Gasteiger partial charge in [-0.2, -0.15) is 0 Å². The van der Waals surface area contributed by atoms with Crippen LogP contribution in [0.3, 0.4) is 0 Å². The van der Waals surface area contributed by atoms with Gasteiger partial charge >= 0.3 is 0 Å². The molecule has 2 saturated heterocycles. The summed E-state index contributed by atoms with van der Waals surface area (Å²) >= 11 is 0. The molecule has 0 saturated carbocycles. The molecular weight excluding hydrogens is 377 g/mol. The lowest BCUT2D eigenvalue weighted by Crippen LogP contribution is -2.39. The van der Waals surface area contributed by atoms with Gasteiger partial charge in [0.1, 0.15) is 0 Å². The predicted molar refractivity (Wildman–Crippen MR) is 118 cm³/mol. The number of likely N-dealkylation sites (tertiary alicyclic amines) is 1. The second-order valence-corrected chi connectivity index (χ2v) is 7.61. The Balaban J connectivity index is 0.00000131. The first-order valence-corrected chi connectivity index (χ1v) is 9.82. The topological polar surface area (TPSA) is 28.2 Å². The van der Waals surface area contributed by atoms with Crippen molar-refractivity contribution in [1.82, 2.24) is 15.2 Å². The van der Waals surface area contributed by atoms with Crippen LogP contribution in [0.15, 0.2) is 48.7 Å². The molecule has 0 amide bonds. The van der Waals surface area contributed by atoms with E-state index >= 15 is 0 Å². The van der Waals surface area contributed by atoms with Crippen molar-refractivity contribution in [3.05, 3.63) is 54.2 Å². The van der Waals surface area contributed by atoms with E-state index < -0.39 is 0 Å². The molecule has 2 aliphatic rings. The Bertz CT molecular complexity index is 649. The molecule has 4 rings (SSSR count). The Kier molecular flexibility index (Phi) is 9.04. The minimum absolute atomic E-state index is 0. The van der Waals surface area contributed by atoms with E-state index in [1.807, 2.05) is 18.3 Å². The third-order valence-corrected chi connectivity index (χ3v) is 6.00. The molecule has 148 valence electrons. The summed E-state index contributed by atoms with van der Waals surface area (Å²) in [7, 11) is 0. The maximum atomic E-state index is 4.43. The molecule has 1 N–H and O–H groups in total. The molecule has 0 unspecified atom stereocenters. The van der Waals surface area contributed by atoms with Crippen molar-refractivity contribution >= 4 is 24.8 Å². The van der Waals surface area contributed by atoms with Crippen LogP contribution in [0.5, 0.6) is 0 Å². The fraction of sp³-hybridized carbons (Fsp3) is 0.500. The number of rotatable bonds is 4. The van der Waals surface area contributed by atoms with E-state index in [4.69, 9.17) is 0 Å². The number of benzene rings is 1. The predicted octanol–water partition coefficient (Wildman–Crippen LogP) is 4.80. The number of nitrogens with zero attached hydrogens (tertiary/aromatic N) is 2. The molecule has 3 heterocycles. The summed E-state index contributed by atoms with van der Waals surface area (Å²) in [4.78, 5) is 7.06. The van der Waals surface area contributed by atoms with Crippen molar-refractivity contribution in [1.29, 1.82) is 0 Å². The molecule has 2 aromatic rings. The summed E-state index contributed by atoms with van der Waals surface area (Å²) in [5, 5.41) is 3.50. The van der Waals surface area contributed by atoms with Crippen LogP contribution in [0.4, 0.5) is 0 Å². The molecule has 0 spiro atoms. The summed E-state index contributed by atoms with van der Waals surface area (Å²) in [6, 6.07) is 15.0. The molecule has 5 heteroatoms. The highest BCUT2D eigenvalue weighted by atomic mass is 35.5. The van der Waals surface area contributed by atoms with Gasteiger partial charge in [0.05, 0.1) is 5.69 Å². The second-order valence-electron chi connectivity index (χ2n) is 7.61. The standard InChI is InChI=1S/C22H29N3.2ClH/c1-2-12-24-22(3-1)21-6-4-18(5-7-21)17-25-15-10-20(11-16-25)19-8-13-23-14-9-19;;/h1-7,12,19-20,23H,8-11,13-17H2;2*1H. The van der Waals surface area contributed by atoms with Crippen LogP contribution >= 0.6 is 24.8 Å². The Hall–Kier alpha value is -1.13. The third-order valence-electron chi connectivity index (χ3n) is 6.00. The number of hydrogen-bond donors (Lipinski definition) is 1. The van der Waals surface area contributed by atoms with Crippen molar-refractivity contribution in [2.45, 2.75) is 32.2 Å². The van der Waals surface area contributed by atoms with Gasteiger partial charge in [0.15, 0.2) is 0 Å². The Morgan fingerprint density at radius 3 is 2.15 bits per heavy atom. The molecular formula is C22H31Cl2N3. The fourth-order valence-electron chi connectivity index (χ4n) is 4.47. The average molecular weight is 408 g/mol. The van der Waals surface area contributed by atoms with Gasteiger partial charge in [-0.15, -0.1) is 24.8 Å². The molecule has 0 radical (unpaired) electrons. The van der Waals surface area contributed by atoms with Crippen molar-refractivity contribution in [3.63, 3.8) is 0 Å². The van der Waals surface area contributed by atoms with Gasteiger partial charge in [-0.1, -0.05) is 30.3 Å². The highest BCUT2D eigenvalue weighted by Gasteiger charge is 2.27. The van der Waals surface area contributed by atoms with E-state index in [2.05, 4.69) is 45.5 Å². The Morgan fingerprint density at radius 1 is 0.852 bits per heavy atom. The van der Waals surface area contributed by atoms with Gasteiger partial charge in [-0.3, -0.25) is 9.88 Å². The van der Waals surface area contributed by atoms with Gasteiger partial charge in [0.2, 0.25) is 0 Å². The van der Waals surface area contributed by atoms with Crippen LogP contribution in [0, 0.1) is 11.8 Å². The SMILES string of the molecule is Cl.Cl.c1ccc(-c2ccc(CN3CCC(C4CCNCC4)CC3)cc2)nc1. The summed E-state index contributed by atoms with van der Waals surface area (Å²) in [5.74, 6) is 1.94. The Morgan fingerprint density at radius 2 is 1.52 bits per heavy atom. The molecule has 1 aromatic carbocycles. The normalized spacial score (nSPS) is 19.1. The summed E-state index contributed by atoms with van der Waals surface area (Å²) in [5.41, 5.74) is 3.67. The van der Waals surface area contributed by atoms with Crippen LogP contribution in [-0.4, -0.2) is 36.1 Å². The molecule has 2 fully saturated rings. The van der Waals surface area contributed by atoms with Crippen LogP contribution < -0.4 is 5.32 Å². The van der Waals surface area contributed by atoms with Crippen LogP contribution in [-0.2, 0) is 6.54 Å². The van der Waals surface area contributed by atoms with Crippen molar-refractivity contribution in [2.75, 3.05) is 26.2 Å². The van der Waals surface area contributed by atoms with E-state index in [1.165, 1.54) is 63.0 Å². The minimum atomic E-state index is 0. The third kappa shape index (κ3) is 5.92. The van der Waals surface area contributed by atoms with E-state index in [9.17, 15) is 0 Å². The monoisotopic (exact) mass is 407 g/mol. The largest absolute Gasteiger partial charge is 0.317 e. The van der Waals surface area contributed by atoms with Crippen LogP contribution in [0.2, 0.25) is 0 Å². The van der Waals surface area contributed by atoms with Crippen molar-refractivity contribution in [3.8, 4) is 11.3 Å². The molecule has 27 heavy (non-hydrogen) atoms. The number of pyridine rings is 1. The summed E-state index contributed by atoms with van der Waals surface area (Å²) in [6.07, 6.45) is 7.41. The quantitative estimate of drug-likeness (QED) is 0.788. The highest BCUT2D eigenvalue weighted by molar-refractivity contribution is 5.85. The number of piperidine rings is 2. The molecule has 0 aliphatic carbocycles. The van der Waals surface area contributed by atoms with Crippen LogP contribution in [0.25, 0.3) is 11.3 Å². The number of hydrogen-bond acceptors (Lipinski definition) is 3. The first kappa shape index (κ1) is 22.2. The van der Waals surface area contributed by atoms with Gasteiger partial charge < -0.3 is 5.32 Å². The van der Waals surface area contributed by atoms with Gasteiger partial charge in [-0.25, -0.2) is 0 Å². The fourth-order valence-corrected chi connectivity index (χ4v) is 4.47. The average Bonchev–Trinajstić information content (AvgIpc) is 2.71. The van der Waals surface area contributed by atoms with E-state index in [-0.39, 0.29) is 24.8 Å². The van der Waals surface area contributed by atoms with Gasteiger partial charge in [0.25, 0.3) is 0 Å². The lowest BCUT2D eigenvalue weighted by molar-refractivity contribution is 0.126. The zero-order chi connectivity index (χ0) is 16.9. The highest BCUT2D eigenvalue weighted by Crippen LogP contribution is 2.31. The van der Waals surface area contributed by atoms with E-state index in [0.717, 1.165) is 24.1 Å². The Labute approximate surface area is 175 Å². The molecule has 3 nitrogen and oxygen atoms in total. The lowest BCUT2D eigenvalue weighted by atomic mass is 9.79.